The smallest absolute Gasteiger partial charge is 0.246 e. The minimum Gasteiger partial charge on any atom is -0.370 e. The van der Waals surface area contributed by atoms with Crippen LogP contribution in [0.25, 0.3) is 0 Å². The number of nitrogens with two attached hydrogens (primary N) is 1. The molecule has 0 amide bonds. The molecular weight excluding hydrogens is 254 g/mol. The molecule has 0 bridgehead atoms. The van der Waals surface area contributed by atoms with E-state index in [2.05, 4.69) is 30.9 Å². The molecule has 3 atom stereocenters. The molecule has 0 spiro atoms. The van der Waals surface area contributed by atoms with Crippen LogP contribution in [0.1, 0.15) is 71.2 Å². The standard InChI is InChI=1S/C15H27N3O2/c1-5-19-12(10(2)3)13-17-14(20-18-13)15(16)8-6-7-11(4)9-15/h10-12H,5-9,16H2,1-4H3. The van der Waals surface area contributed by atoms with Gasteiger partial charge in [-0.1, -0.05) is 38.8 Å². The molecule has 5 heteroatoms. The Morgan fingerprint density at radius 1 is 1.50 bits per heavy atom. The van der Waals surface area contributed by atoms with Crippen molar-refractivity contribution >= 4 is 0 Å². The van der Waals surface area contributed by atoms with Gasteiger partial charge in [0, 0.05) is 6.61 Å². The number of rotatable bonds is 5. The zero-order valence-corrected chi connectivity index (χ0v) is 13.1. The Kier molecular flexibility index (Phi) is 4.81. The summed E-state index contributed by atoms with van der Waals surface area (Å²) in [6, 6.07) is 0. The Labute approximate surface area is 121 Å². The highest BCUT2D eigenvalue weighted by atomic mass is 16.5. The molecule has 1 aliphatic rings. The molecular formula is C15H27N3O2. The van der Waals surface area contributed by atoms with E-state index in [4.69, 9.17) is 15.0 Å². The number of ether oxygens (including phenoxy) is 1. The van der Waals surface area contributed by atoms with Gasteiger partial charge in [0.25, 0.3) is 0 Å². The lowest BCUT2D eigenvalue weighted by Crippen LogP contribution is -2.41. The van der Waals surface area contributed by atoms with Gasteiger partial charge in [0.05, 0.1) is 5.54 Å². The molecule has 0 aromatic carbocycles. The quantitative estimate of drug-likeness (QED) is 0.897. The van der Waals surface area contributed by atoms with Crippen LogP contribution in [0, 0.1) is 11.8 Å². The van der Waals surface area contributed by atoms with Gasteiger partial charge in [-0.3, -0.25) is 0 Å². The van der Waals surface area contributed by atoms with E-state index in [-0.39, 0.29) is 6.10 Å². The average Bonchev–Trinajstić information content (AvgIpc) is 2.85. The van der Waals surface area contributed by atoms with Crippen molar-refractivity contribution in [3.05, 3.63) is 11.7 Å². The highest BCUT2D eigenvalue weighted by molar-refractivity contribution is 5.06. The van der Waals surface area contributed by atoms with Crippen molar-refractivity contribution in [2.45, 2.75) is 65.0 Å². The van der Waals surface area contributed by atoms with Crippen molar-refractivity contribution in [3.63, 3.8) is 0 Å². The first-order chi connectivity index (χ1) is 9.46. The summed E-state index contributed by atoms with van der Waals surface area (Å²) in [7, 11) is 0. The third-order valence-electron chi connectivity index (χ3n) is 4.11. The first-order valence-corrected chi connectivity index (χ1v) is 7.71. The van der Waals surface area contributed by atoms with Crippen molar-refractivity contribution < 1.29 is 9.26 Å². The fourth-order valence-electron chi connectivity index (χ4n) is 3.08. The van der Waals surface area contributed by atoms with Crippen LogP contribution in [0.5, 0.6) is 0 Å². The number of hydrogen-bond donors (Lipinski definition) is 1. The summed E-state index contributed by atoms with van der Waals surface area (Å²) in [5, 5.41) is 4.11. The Balaban J connectivity index is 2.19. The fraction of sp³-hybridized carbons (Fsp3) is 0.867. The molecule has 0 aliphatic heterocycles. The highest BCUT2D eigenvalue weighted by Gasteiger charge is 2.38. The molecule has 114 valence electrons. The third-order valence-corrected chi connectivity index (χ3v) is 4.11. The first-order valence-electron chi connectivity index (χ1n) is 7.71. The first kappa shape index (κ1) is 15.4. The lowest BCUT2D eigenvalue weighted by Gasteiger charge is -2.33. The van der Waals surface area contributed by atoms with Gasteiger partial charge in [0.2, 0.25) is 11.7 Å². The zero-order valence-electron chi connectivity index (χ0n) is 13.1. The summed E-state index contributed by atoms with van der Waals surface area (Å²) in [5.74, 6) is 2.11. The number of nitrogens with zero attached hydrogens (tertiary/aromatic N) is 2. The summed E-state index contributed by atoms with van der Waals surface area (Å²) in [6.07, 6.45) is 4.06. The van der Waals surface area contributed by atoms with Crippen LogP contribution in [-0.2, 0) is 10.3 Å². The lowest BCUT2D eigenvalue weighted by atomic mass is 9.77. The molecule has 0 radical (unpaired) electrons. The van der Waals surface area contributed by atoms with Crippen LogP contribution < -0.4 is 5.73 Å². The molecule has 5 nitrogen and oxygen atoms in total. The molecule has 1 aliphatic carbocycles. The van der Waals surface area contributed by atoms with Crippen molar-refractivity contribution in [2.24, 2.45) is 17.6 Å². The summed E-state index contributed by atoms with van der Waals surface area (Å²) >= 11 is 0. The van der Waals surface area contributed by atoms with Gasteiger partial charge in [-0.05, 0) is 31.6 Å². The van der Waals surface area contributed by atoms with Crippen LogP contribution in [0.2, 0.25) is 0 Å². The third kappa shape index (κ3) is 3.20. The average molecular weight is 281 g/mol. The van der Waals surface area contributed by atoms with Crippen LogP contribution in [0.15, 0.2) is 4.52 Å². The summed E-state index contributed by atoms with van der Waals surface area (Å²) < 4.78 is 11.2. The molecule has 2 rings (SSSR count). The van der Waals surface area contributed by atoms with Gasteiger partial charge in [-0.2, -0.15) is 4.98 Å². The van der Waals surface area contributed by atoms with Crippen LogP contribution >= 0.6 is 0 Å². The second-order valence-electron chi connectivity index (χ2n) is 6.44. The topological polar surface area (TPSA) is 74.2 Å². The van der Waals surface area contributed by atoms with Gasteiger partial charge < -0.3 is 15.0 Å². The maximum absolute atomic E-state index is 6.50. The molecule has 1 aromatic rings. The molecule has 20 heavy (non-hydrogen) atoms. The van der Waals surface area contributed by atoms with E-state index >= 15 is 0 Å². The Morgan fingerprint density at radius 3 is 2.85 bits per heavy atom. The Hall–Kier alpha value is -0.940. The van der Waals surface area contributed by atoms with Crippen molar-refractivity contribution in [1.82, 2.24) is 10.1 Å². The summed E-state index contributed by atoms with van der Waals surface area (Å²) in [5.41, 5.74) is 6.04. The predicted molar refractivity (Wildman–Crippen MR) is 77.0 cm³/mol. The van der Waals surface area contributed by atoms with Gasteiger partial charge >= 0.3 is 0 Å². The highest BCUT2D eigenvalue weighted by Crippen LogP contribution is 2.37. The summed E-state index contributed by atoms with van der Waals surface area (Å²) in [4.78, 5) is 4.55. The molecule has 1 fully saturated rings. The lowest BCUT2D eigenvalue weighted by molar-refractivity contribution is 0.0217. The van der Waals surface area contributed by atoms with Gasteiger partial charge in [-0.25, -0.2) is 0 Å². The van der Waals surface area contributed by atoms with E-state index in [0.717, 1.165) is 19.3 Å². The number of hydrogen-bond acceptors (Lipinski definition) is 5. The molecule has 1 aromatic heterocycles. The van der Waals surface area contributed by atoms with E-state index in [9.17, 15) is 0 Å². The van der Waals surface area contributed by atoms with Gasteiger partial charge in [-0.15, -0.1) is 0 Å². The van der Waals surface area contributed by atoms with E-state index in [1.165, 1.54) is 6.42 Å². The molecule has 3 unspecified atom stereocenters. The largest absolute Gasteiger partial charge is 0.370 e. The second-order valence-corrected chi connectivity index (χ2v) is 6.44. The SMILES string of the molecule is CCOC(c1noc(C2(N)CCCC(C)C2)n1)C(C)C. The van der Waals surface area contributed by atoms with E-state index in [0.29, 0.717) is 30.2 Å². The normalized spacial score (nSPS) is 28.8. The maximum Gasteiger partial charge on any atom is 0.246 e. The summed E-state index contributed by atoms with van der Waals surface area (Å²) in [6.45, 7) is 9.03. The Bertz CT molecular complexity index is 433. The predicted octanol–water partition coefficient (Wildman–Crippen LogP) is 3.17. The molecule has 1 saturated carbocycles. The van der Waals surface area contributed by atoms with E-state index < -0.39 is 5.54 Å². The zero-order chi connectivity index (χ0) is 14.8. The molecule has 0 saturated heterocycles. The van der Waals surface area contributed by atoms with Crippen LogP contribution in [0.4, 0.5) is 0 Å². The van der Waals surface area contributed by atoms with E-state index in [1.807, 2.05) is 6.92 Å². The van der Waals surface area contributed by atoms with Gasteiger partial charge in [0.15, 0.2) is 0 Å². The number of aromatic nitrogens is 2. The van der Waals surface area contributed by atoms with E-state index in [1.54, 1.807) is 0 Å². The maximum atomic E-state index is 6.50. The van der Waals surface area contributed by atoms with Crippen LogP contribution in [0.3, 0.4) is 0 Å². The molecule has 1 heterocycles. The second kappa shape index (κ2) is 6.22. The minimum atomic E-state index is -0.462. The van der Waals surface area contributed by atoms with Crippen molar-refractivity contribution in [1.29, 1.82) is 0 Å². The van der Waals surface area contributed by atoms with Crippen molar-refractivity contribution in [2.75, 3.05) is 6.61 Å². The van der Waals surface area contributed by atoms with Gasteiger partial charge in [0.1, 0.15) is 6.10 Å². The Morgan fingerprint density at radius 2 is 2.25 bits per heavy atom. The fourth-order valence-corrected chi connectivity index (χ4v) is 3.08. The minimum absolute atomic E-state index is 0.123. The van der Waals surface area contributed by atoms with Crippen LogP contribution in [-0.4, -0.2) is 16.7 Å². The monoisotopic (exact) mass is 281 g/mol. The molecule has 2 N–H and O–H groups in total. The van der Waals surface area contributed by atoms with Crippen molar-refractivity contribution in [3.8, 4) is 0 Å².